The van der Waals surface area contributed by atoms with Crippen LogP contribution in [0.3, 0.4) is 0 Å². The maximum Gasteiger partial charge on any atom is 0.253 e. The minimum absolute atomic E-state index is 0.0783. The van der Waals surface area contributed by atoms with Crippen LogP contribution in [0.15, 0.2) is 36.7 Å². The van der Waals surface area contributed by atoms with E-state index in [1.54, 1.807) is 41.2 Å². The Labute approximate surface area is 129 Å². The van der Waals surface area contributed by atoms with Crippen LogP contribution in [0.25, 0.3) is 5.69 Å². The minimum atomic E-state index is -0.717. The Balaban J connectivity index is 1.69. The highest BCUT2D eigenvalue weighted by molar-refractivity contribution is 5.94. The molecule has 1 fully saturated rings. The molecular weight excluding hydrogens is 280 g/mol. The second kappa shape index (κ2) is 5.88. The number of carbonyl (C=O) groups is 1. The molecule has 0 radical (unpaired) electrons. The molecule has 3 rings (SSSR count). The van der Waals surface area contributed by atoms with Gasteiger partial charge in [0, 0.05) is 19.2 Å². The lowest BCUT2D eigenvalue weighted by molar-refractivity contribution is 0.0157. The molecule has 2 aromatic rings. The Morgan fingerprint density at radius 3 is 2.59 bits per heavy atom. The van der Waals surface area contributed by atoms with Gasteiger partial charge in [0.25, 0.3) is 5.91 Å². The number of aliphatic hydroxyl groups is 1. The maximum atomic E-state index is 12.5. The number of benzene rings is 1. The molecule has 1 saturated carbocycles. The highest BCUT2D eigenvalue weighted by atomic mass is 16.3. The lowest BCUT2D eigenvalue weighted by atomic mass is 10.0. The zero-order valence-electron chi connectivity index (χ0n) is 12.6. The van der Waals surface area contributed by atoms with Crippen molar-refractivity contribution in [2.45, 2.75) is 31.3 Å². The van der Waals surface area contributed by atoms with E-state index in [-0.39, 0.29) is 5.91 Å². The van der Waals surface area contributed by atoms with Gasteiger partial charge in [-0.3, -0.25) is 4.79 Å². The zero-order chi connectivity index (χ0) is 15.6. The summed E-state index contributed by atoms with van der Waals surface area (Å²) in [4.78, 5) is 14.1. The monoisotopic (exact) mass is 300 g/mol. The molecule has 6 nitrogen and oxygen atoms in total. The molecule has 116 valence electrons. The number of nitrogens with zero attached hydrogens (tertiary/aromatic N) is 4. The summed E-state index contributed by atoms with van der Waals surface area (Å²) in [5.41, 5.74) is 0.740. The first-order chi connectivity index (χ1) is 10.6. The molecule has 0 unspecified atom stereocenters. The highest BCUT2D eigenvalue weighted by Crippen LogP contribution is 2.30. The van der Waals surface area contributed by atoms with Crippen LogP contribution in [-0.2, 0) is 0 Å². The number of likely N-dealkylation sites (N-methyl/N-ethyl adjacent to an activating group) is 1. The number of amides is 1. The lowest BCUT2D eigenvalue weighted by Gasteiger charge is -2.28. The van der Waals surface area contributed by atoms with Gasteiger partial charge in [-0.05, 0) is 37.1 Å². The van der Waals surface area contributed by atoms with Crippen LogP contribution >= 0.6 is 0 Å². The quantitative estimate of drug-likeness (QED) is 0.932. The third-order valence-electron chi connectivity index (χ3n) is 4.21. The van der Waals surface area contributed by atoms with E-state index in [1.807, 2.05) is 12.1 Å². The molecule has 1 aromatic heterocycles. The maximum absolute atomic E-state index is 12.5. The van der Waals surface area contributed by atoms with E-state index in [0.717, 1.165) is 31.4 Å². The Kier molecular flexibility index (Phi) is 3.94. The summed E-state index contributed by atoms with van der Waals surface area (Å²) in [5.74, 6) is -0.0783. The first-order valence-electron chi connectivity index (χ1n) is 7.52. The molecule has 1 aliphatic rings. The van der Waals surface area contributed by atoms with Crippen LogP contribution in [0, 0.1) is 0 Å². The van der Waals surface area contributed by atoms with Crippen LogP contribution < -0.4 is 0 Å². The predicted octanol–water partition coefficient (Wildman–Crippen LogP) is 1.64. The molecule has 1 aromatic carbocycles. The Bertz CT molecular complexity index is 631. The second-order valence-corrected chi connectivity index (χ2v) is 5.99. The van der Waals surface area contributed by atoms with Crippen molar-refractivity contribution in [2.24, 2.45) is 0 Å². The third-order valence-corrected chi connectivity index (χ3v) is 4.21. The number of rotatable bonds is 4. The highest BCUT2D eigenvalue weighted by Gasteiger charge is 2.33. The SMILES string of the molecule is CN(CC1(O)CCCC1)C(=O)c1ccc(-n2ccnn2)cc1. The molecule has 1 N–H and O–H groups in total. The van der Waals surface area contributed by atoms with Gasteiger partial charge in [0.2, 0.25) is 0 Å². The molecule has 6 heteroatoms. The van der Waals surface area contributed by atoms with Gasteiger partial charge < -0.3 is 10.0 Å². The molecule has 0 bridgehead atoms. The predicted molar refractivity (Wildman–Crippen MR) is 81.7 cm³/mol. The van der Waals surface area contributed by atoms with E-state index in [9.17, 15) is 9.90 Å². The Morgan fingerprint density at radius 2 is 2.00 bits per heavy atom. The first kappa shape index (κ1) is 14.7. The smallest absolute Gasteiger partial charge is 0.253 e. The van der Waals surface area contributed by atoms with Gasteiger partial charge in [-0.25, -0.2) is 4.68 Å². The van der Waals surface area contributed by atoms with E-state index in [0.29, 0.717) is 12.1 Å². The van der Waals surface area contributed by atoms with Crippen molar-refractivity contribution in [3.63, 3.8) is 0 Å². The van der Waals surface area contributed by atoms with Crippen molar-refractivity contribution >= 4 is 5.91 Å². The second-order valence-electron chi connectivity index (χ2n) is 5.99. The molecule has 0 aliphatic heterocycles. The fourth-order valence-electron chi connectivity index (χ4n) is 3.03. The Hall–Kier alpha value is -2.21. The van der Waals surface area contributed by atoms with Gasteiger partial charge in [-0.1, -0.05) is 18.1 Å². The fraction of sp³-hybridized carbons (Fsp3) is 0.438. The summed E-state index contributed by atoms with van der Waals surface area (Å²) in [6, 6.07) is 7.21. The fourth-order valence-corrected chi connectivity index (χ4v) is 3.03. The summed E-state index contributed by atoms with van der Waals surface area (Å²) < 4.78 is 1.64. The van der Waals surface area contributed by atoms with Crippen molar-refractivity contribution < 1.29 is 9.90 Å². The number of hydrogen-bond donors (Lipinski definition) is 1. The molecule has 0 spiro atoms. The van der Waals surface area contributed by atoms with Crippen molar-refractivity contribution in [2.75, 3.05) is 13.6 Å². The van der Waals surface area contributed by atoms with Crippen molar-refractivity contribution in [1.82, 2.24) is 19.9 Å². The zero-order valence-corrected chi connectivity index (χ0v) is 12.6. The van der Waals surface area contributed by atoms with E-state index in [4.69, 9.17) is 0 Å². The normalized spacial score (nSPS) is 16.6. The van der Waals surface area contributed by atoms with Gasteiger partial charge in [-0.2, -0.15) is 0 Å². The average molecular weight is 300 g/mol. The van der Waals surface area contributed by atoms with E-state index < -0.39 is 5.60 Å². The van der Waals surface area contributed by atoms with Crippen molar-refractivity contribution in [3.8, 4) is 5.69 Å². The minimum Gasteiger partial charge on any atom is -0.388 e. The van der Waals surface area contributed by atoms with Gasteiger partial charge in [0.05, 0.1) is 23.7 Å². The third kappa shape index (κ3) is 3.01. The number of hydrogen-bond acceptors (Lipinski definition) is 4. The summed E-state index contributed by atoms with van der Waals surface area (Å²) in [5, 5.41) is 18.1. The van der Waals surface area contributed by atoms with Crippen LogP contribution in [0.5, 0.6) is 0 Å². The van der Waals surface area contributed by atoms with Crippen LogP contribution in [0.1, 0.15) is 36.0 Å². The molecule has 1 heterocycles. The van der Waals surface area contributed by atoms with E-state index in [1.165, 1.54) is 0 Å². The van der Waals surface area contributed by atoms with Crippen LogP contribution in [0.2, 0.25) is 0 Å². The molecular formula is C16H20N4O2. The van der Waals surface area contributed by atoms with Gasteiger partial charge in [-0.15, -0.1) is 5.10 Å². The van der Waals surface area contributed by atoms with E-state index in [2.05, 4.69) is 10.3 Å². The topological polar surface area (TPSA) is 71.2 Å². The van der Waals surface area contributed by atoms with Gasteiger partial charge >= 0.3 is 0 Å². The largest absolute Gasteiger partial charge is 0.388 e. The number of aromatic nitrogens is 3. The molecule has 0 atom stereocenters. The Morgan fingerprint density at radius 1 is 1.32 bits per heavy atom. The summed E-state index contributed by atoms with van der Waals surface area (Å²) >= 11 is 0. The summed E-state index contributed by atoms with van der Waals surface area (Å²) in [6.07, 6.45) is 6.97. The van der Waals surface area contributed by atoms with Crippen molar-refractivity contribution in [1.29, 1.82) is 0 Å². The van der Waals surface area contributed by atoms with E-state index >= 15 is 0 Å². The van der Waals surface area contributed by atoms with Gasteiger partial charge in [0.1, 0.15) is 0 Å². The van der Waals surface area contributed by atoms with Crippen LogP contribution in [-0.4, -0.2) is 50.1 Å². The number of carbonyl (C=O) groups excluding carboxylic acids is 1. The first-order valence-corrected chi connectivity index (χ1v) is 7.52. The molecule has 0 saturated heterocycles. The molecule has 1 aliphatic carbocycles. The standard InChI is InChI=1S/C16H20N4O2/c1-19(12-16(22)8-2-3-9-16)15(21)13-4-6-14(7-5-13)20-11-10-17-18-20/h4-7,10-11,22H,2-3,8-9,12H2,1H3. The van der Waals surface area contributed by atoms with Crippen molar-refractivity contribution in [3.05, 3.63) is 42.2 Å². The van der Waals surface area contributed by atoms with Crippen LogP contribution in [0.4, 0.5) is 0 Å². The molecule has 1 amide bonds. The average Bonchev–Trinajstić information content (AvgIpc) is 3.18. The summed E-state index contributed by atoms with van der Waals surface area (Å²) in [7, 11) is 1.74. The van der Waals surface area contributed by atoms with Gasteiger partial charge in [0.15, 0.2) is 0 Å². The summed E-state index contributed by atoms with van der Waals surface area (Å²) in [6.45, 7) is 0.386. The lowest BCUT2D eigenvalue weighted by Crippen LogP contribution is -2.42. The molecule has 22 heavy (non-hydrogen) atoms.